The van der Waals surface area contributed by atoms with Crippen molar-refractivity contribution in [3.8, 4) is 11.5 Å². The Bertz CT molecular complexity index is 945. The third kappa shape index (κ3) is 6.80. The zero-order valence-electron chi connectivity index (χ0n) is 18.8. The molecule has 3 heteroatoms. The van der Waals surface area contributed by atoms with Gasteiger partial charge in [-0.2, -0.15) is 0 Å². The summed E-state index contributed by atoms with van der Waals surface area (Å²) in [5, 5.41) is 0. The molecule has 1 heterocycles. The number of ketones is 1. The van der Waals surface area contributed by atoms with Gasteiger partial charge in [0.05, 0.1) is 0 Å². The molecule has 0 N–H and O–H groups in total. The summed E-state index contributed by atoms with van der Waals surface area (Å²) in [5.74, 6) is 2.58. The number of piperidine rings is 1. The molecule has 1 aliphatic rings. The number of ether oxygens (including phenoxy) is 1. The Labute approximate surface area is 192 Å². The Morgan fingerprint density at radius 3 is 2.09 bits per heavy atom. The smallest absolute Gasteiger partial charge is 0.162 e. The van der Waals surface area contributed by atoms with Crippen molar-refractivity contribution in [1.82, 2.24) is 4.90 Å². The molecule has 32 heavy (non-hydrogen) atoms. The second-order valence-corrected chi connectivity index (χ2v) is 8.79. The maximum atomic E-state index is 12.5. The van der Waals surface area contributed by atoms with E-state index in [1.165, 1.54) is 37.9 Å². The van der Waals surface area contributed by atoms with Crippen LogP contribution in [0.15, 0.2) is 84.9 Å². The van der Waals surface area contributed by atoms with E-state index in [9.17, 15) is 4.79 Å². The van der Waals surface area contributed by atoms with Gasteiger partial charge in [0.2, 0.25) is 0 Å². The molecular formula is C29H33NO2. The van der Waals surface area contributed by atoms with Gasteiger partial charge in [-0.25, -0.2) is 0 Å². The molecule has 3 aromatic rings. The Kier molecular flexibility index (Phi) is 8.11. The number of nitrogens with zero attached hydrogens (tertiary/aromatic N) is 1. The van der Waals surface area contributed by atoms with E-state index in [2.05, 4.69) is 35.2 Å². The van der Waals surface area contributed by atoms with Crippen molar-refractivity contribution in [2.45, 2.75) is 38.5 Å². The predicted molar refractivity (Wildman–Crippen MR) is 130 cm³/mol. The summed E-state index contributed by atoms with van der Waals surface area (Å²) < 4.78 is 5.80. The minimum Gasteiger partial charge on any atom is -0.457 e. The zero-order chi connectivity index (χ0) is 22.0. The highest BCUT2D eigenvalue weighted by molar-refractivity contribution is 5.96. The van der Waals surface area contributed by atoms with Gasteiger partial charge in [0, 0.05) is 12.0 Å². The maximum Gasteiger partial charge on any atom is 0.162 e. The molecule has 4 rings (SSSR count). The molecule has 3 aromatic carbocycles. The van der Waals surface area contributed by atoms with Gasteiger partial charge in [0.25, 0.3) is 0 Å². The lowest BCUT2D eigenvalue weighted by Crippen LogP contribution is -2.35. The number of benzene rings is 3. The van der Waals surface area contributed by atoms with Crippen LogP contribution in [0.4, 0.5) is 0 Å². The number of hydrogen-bond donors (Lipinski definition) is 0. The van der Waals surface area contributed by atoms with Crippen LogP contribution >= 0.6 is 0 Å². The minimum absolute atomic E-state index is 0.220. The minimum atomic E-state index is 0.220. The Balaban J connectivity index is 1.12. The van der Waals surface area contributed by atoms with Crippen molar-refractivity contribution < 1.29 is 9.53 Å². The molecule has 0 unspecified atom stereocenters. The Morgan fingerprint density at radius 1 is 0.781 bits per heavy atom. The molecule has 166 valence electrons. The first-order chi connectivity index (χ1) is 15.8. The summed E-state index contributed by atoms with van der Waals surface area (Å²) in [6.07, 6.45) is 6.42. The normalized spacial score (nSPS) is 14.9. The SMILES string of the molecule is O=C(CCCCN1CCC(Cc2ccccc2)CC1)c1ccc(Oc2ccccc2)cc1. The van der Waals surface area contributed by atoms with Crippen LogP contribution in [-0.4, -0.2) is 30.3 Å². The van der Waals surface area contributed by atoms with Crippen LogP contribution in [0.1, 0.15) is 48.0 Å². The molecule has 1 saturated heterocycles. The molecule has 0 amide bonds. The van der Waals surface area contributed by atoms with E-state index in [4.69, 9.17) is 4.74 Å². The summed E-state index contributed by atoms with van der Waals surface area (Å²) in [7, 11) is 0. The van der Waals surface area contributed by atoms with Crippen LogP contribution in [0, 0.1) is 5.92 Å². The molecule has 0 radical (unpaired) electrons. The first kappa shape index (κ1) is 22.3. The van der Waals surface area contributed by atoms with Gasteiger partial charge < -0.3 is 9.64 Å². The zero-order valence-corrected chi connectivity index (χ0v) is 18.8. The molecule has 0 saturated carbocycles. The van der Waals surface area contributed by atoms with Gasteiger partial charge in [-0.05, 0) is 99.6 Å². The van der Waals surface area contributed by atoms with E-state index in [-0.39, 0.29) is 5.78 Å². The molecule has 0 bridgehead atoms. The van der Waals surface area contributed by atoms with Crippen LogP contribution in [0.3, 0.4) is 0 Å². The van der Waals surface area contributed by atoms with Crippen LogP contribution in [0.5, 0.6) is 11.5 Å². The van der Waals surface area contributed by atoms with Gasteiger partial charge in [-0.15, -0.1) is 0 Å². The summed E-state index contributed by atoms with van der Waals surface area (Å²) in [4.78, 5) is 15.1. The number of unbranched alkanes of at least 4 members (excludes halogenated alkanes) is 1. The maximum absolute atomic E-state index is 12.5. The number of carbonyl (C=O) groups excluding carboxylic acids is 1. The van der Waals surface area contributed by atoms with Crippen LogP contribution in [-0.2, 0) is 6.42 Å². The van der Waals surface area contributed by atoms with Crippen molar-refractivity contribution in [2.75, 3.05) is 19.6 Å². The van der Waals surface area contributed by atoms with E-state index in [0.29, 0.717) is 6.42 Å². The standard InChI is InChI=1S/C29H33NO2/c31-29(26-14-16-28(17-15-26)32-27-11-5-2-6-12-27)13-7-8-20-30-21-18-25(19-22-30)23-24-9-3-1-4-10-24/h1-6,9-12,14-17,25H,7-8,13,18-23H2. The summed E-state index contributed by atoms with van der Waals surface area (Å²) in [5.41, 5.74) is 2.23. The summed E-state index contributed by atoms with van der Waals surface area (Å²) in [6.45, 7) is 3.48. The average molecular weight is 428 g/mol. The van der Waals surface area contributed by atoms with Crippen molar-refractivity contribution in [2.24, 2.45) is 5.92 Å². The predicted octanol–water partition coefficient (Wildman–Crippen LogP) is 6.79. The van der Waals surface area contributed by atoms with Crippen molar-refractivity contribution in [1.29, 1.82) is 0 Å². The molecule has 0 spiro atoms. The molecular weight excluding hydrogens is 394 g/mol. The second-order valence-electron chi connectivity index (χ2n) is 8.79. The first-order valence-electron chi connectivity index (χ1n) is 11.9. The second kappa shape index (κ2) is 11.6. The van der Waals surface area contributed by atoms with Crippen molar-refractivity contribution in [3.05, 3.63) is 96.1 Å². The average Bonchev–Trinajstić information content (AvgIpc) is 2.84. The molecule has 1 fully saturated rings. The van der Waals surface area contributed by atoms with Crippen LogP contribution < -0.4 is 4.74 Å². The monoisotopic (exact) mass is 427 g/mol. The molecule has 1 aliphatic heterocycles. The van der Waals surface area contributed by atoms with Gasteiger partial charge in [0.15, 0.2) is 5.78 Å². The third-order valence-electron chi connectivity index (χ3n) is 6.36. The number of hydrogen-bond acceptors (Lipinski definition) is 3. The summed E-state index contributed by atoms with van der Waals surface area (Å²) >= 11 is 0. The topological polar surface area (TPSA) is 29.5 Å². The molecule has 0 atom stereocenters. The highest BCUT2D eigenvalue weighted by atomic mass is 16.5. The largest absolute Gasteiger partial charge is 0.457 e. The number of para-hydroxylation sites is 1. The molecule has 3 nitrogen and oxygen atoms in total. The first-order valence-corrected chi connectivity index (χ1v) is 11.9. The van der Waals surface area contributed by atoms with Crippen molar-refractivity contribution >= 4 is 5.78 Å². The number of likely N-dealkylation sites (tertiary alicyclic amines) is 1. The van der Waals surface area contributed by atoms with Crippen molar-refractivity contribution in [3.63, 3.8) is 0 Å². The fraction of sp³-hybridized carbons (Fsp3) is 0.345. The highest BCUT2D eigenvalue weighted by Crippen LogP contribution is 2.23. The van der Waals surface area contributed by atoms with E-state index < -0.39 is 0 Å². The van der Waals surface area contributed by atoms with E-state index >= 15 is 0 Å². The Morgan fingerprint density at radius 2 is 1.41 bits per heavy atom. The van der Waals surface area contributed by atoms with Crippen LogP contribution in [0.2, 0.25) is 0 Å². The molecule has 0 aliphatic carbocycles. The van der Waals surface area contributed by atoms with E-state index in [0.717, 1.165) is 42.4 Å². The Hall–Kier alpha value is -2.91. The summed E-state index contributed by atoms with van der Waals surface area (Å²) in [6, 6.07) is 28.0. The van der Waals surface area contributed by atoms with Gasteiger partial charge in [0.1, 0.15) is 11.5 Å². The number of rotatable bonds is 10. The number of Topliss-reactive ketones (excluding diaryl/α,β-unsaturated/α-hetero) is 1. The van der Waals surface area contributed by atoms with E-state index in [1.54, 1.807) is 0 Å². The third-order valence-corrected chi connectivity index (χ3v) is 6.36. The van der Waals surface area contributed by atoms with Gasteiger partial charge in [-0.1, -0.05) is 48.5 Å². The van der Waals surface area contributed by atoms with E-state index in [1.807, 2.05) is 54.6 Å². The molecule has 0 aromatic heterocycles. The fourth-order valence-corrected chi connectivity index (χ4v) is 4.46. The van der Waals surface area contributed by atoms with Gasteiger partial charge in [-0.3, -0.25) is 4.79 Å². The lowest BCUT2D eigenvalue weighted by Gasteiger charge is -2.32. The number of carbonyl (C=O) groups is 1. The van der Waals surface area contributed by atoms with Crippen LogP contribution in [0.25, 0.3) is 0 Å². The quantitative estimate of drug-likeness (QED) is 0.264. The highest BCUT2D eigenvalue weighted by Gasteiger charge is 2.19. The van der Waals surface area contributed by atoms with Gasteiger partial charge >= 0.3 is 0 Å². The fourth-order valence-electron chi connectivity index (χ4n) is 4.46. The lowest BCUT2D eigenvalue weighted by molar-refractivity contribution is 0.0976. The lowest BCUT2D eigenvalue weighted by atomic mass is 9.90.